The standard InChI is InChI=1S/C26H28F3N5O4S2/c1-3-16-12-17(32-39(35,36)18-8-9-18)13-20(16)24-31-23(26(27,28)29)22-14-30-25-21(34(22)24)10-11-33(25)40(37,38)19-6-4-15(2)5-7-19/h4-7,10-11,14,16-18,20,32H,3,8-9,12-13H2,1-2H3/t16-,17+,20-/m1/s1. The summed E-state index contributed by atoms with van der Waals surface area (Å²) in [5, 5.41) is -0.406. The molecular weight excluding hydrogens is 567 g/mol. The fourth-order valence-corrected chi connectivity index (χ4v) is 8.71. The zero-order valence-corrected chi connectivity index (χ0v) is 23.4. The number of imidazole rings is 1. The van der Waals surface area contributed by atoms with Gasteiger partial charge in [-0.15, -0.1) is 0 Å². The third-order valence-corrected chi connectivity index (χ3v) is 11.7. The predicted molar refractivity (Wildman–Crippen MR) is 142 cm³/mol. The number of nitrogens with one attached hydrogen (secondary N) is 1. The van der Waals surface area contributed by atoms with E-state index in [-0.39, 0.29) is 39.7 Å². The third kappa shape index (κ3) is 4.49. The van der Waals surface area contributed by atoms with Gasteiger partial charge in [0.2, 0.25) is 10.0 Å². The highest BCUT2D eigenvalue weighted by atomic mass is 32.2. The number of nitrogens with zero attached hydrogens (tertiary/aromatic N) is 4. The molecule has 0 amide bonds. The Kier molecular flexibility index (Phi) is 6.31. The summed E-state index contributed by atoms with van der Waals surface area (Å²) in [4.78, 5) is 8.24. The molecule has 2 saturated carbocycles. The predicted octanol–water partition coefficient (Wildman–Crippen LogP) is 4.60. The molecule has 14 heteroatoms. The van der Waals surface area contributed by atoms with Gasteiger partial charge in [-0.2, -0.15) is 13.2 Å². The molecule has 0 radical (unpaired) electrons. The number of halogens is 3. The summed E-state index contributed by atoms with van der Waals surface area (Å²) in [6.07, 6.45) is 0.0929. The summed E-state index contributed by atoms with van der Waals surface area (Å²) in [7, 11) is -7.57. The van der Waals surface area contributed by atoms with Crippen LogP contribution < -0.4 is 4.72 Å². The van der Waals surface area contributed by atoms with E-state index in [2.05, 4.69) is 14.7 Å². The molecular formula is C26H28F3N5O4S2. The van der Waals surface area contributed by atoms with Gasteiger partial charge in [-0.3, -0.25) is 4.40 Å². The maximum Gasteiger partial charge on any atom is 0.435 e. The first-order valence-electron chi connectivity index (χ1n) is 13.1. The van der Waals surface area contributed by atoms with Gasteiger partial charge in [-0.25, -0.2) is 35.5 Å². The van der Waals surface area contributed by atoms with E-state index >= 15 is 0 Å². The van der Waals surface area contributed by atoms with Gasteiger partial charge in [0.25, 0.3) is 10.0 Å². The van der Waals surface area contributed by atoms with Crippen molar-refractivity contribution in [3.8, 4) is 0 Å². The summed E-state index contributed by atoms with van der Waals surface area (Å²) in [5.41, 5.74) is -0.376. The molecule has 3 aromatic heterocycles. The summed E-state index contributed by atoms with van der Waals surface area (Å²) in [6.45, 7) is 3.74. The number of rotatable bonds is 7. The minimum atomic E-state index is -4.78. The maximum atomic E-state index is 14.1. The zero-order chi connectivity index (χ0) is 28.6. The van der Waals surface area contributed by atoms with Crippen LogP contribution in [0.5, 0.6) is 0 Å². The van der Waals surface area contributed by atoms with Gasteiger partial charge in [0, 0.05) is 18.2 Å². The van der Waals surface area contributed by atoms with Gasteiger partial charge in [0.05, 0.1) is 27.4 Å². The van der Waals surface area contributed by atoms with Crippen LogP contribution in [0.2, 0.25) is 0 Å². The second-order valence-electron chi connectivity index (χ2n) is 10.7. The van der Waals surface area contributed by atoms with Crippen molar-refractivity contribution in [3.63, 3.8) is 0 Å². The van der Waals surface area contributed by atoms with E-state index in [0.717, 1.165) is 15.7 Å². The van der Waals surface area contributed by atoms with Crippen LogP contribution in [0, 0.1) is 12.8 Å². The van der Waals surface area contributed by atoms with E-state index in [1.807, 2.05) is 13.8 Å². The molecule has 4 aromatic rings. The second-order valence-corrected chi connectivity index (χ2v) is 14.5. The first-order chi connectivity index (χ1) is 18.8. The van der Waals surface area contributed by atoms with Crippen LogP contribution in [0.3, 0.4) is 0 Å². The first kappa shape index (κ1) is 27.2. The molecule has 3 atom stereocenters. The molecule has 40 heavy (non-hydrogen) atoms. The van der Waals surface area contributed by atoms with E-state index in [9.17, 15) is 30.0 Å². The number of aromatic nitrogens is 4. The Labute approximate surface area is 229 Å². The monoisotopic (exact) mass is 595 g/mol. The maximum absolute atomic E-state index is 14.1. The van der Waals surface area contributed by atoms with Gasteiger partial charge < -0.3 is 0 Å². The fourth-order valence-electron chi connectivity index (χ4n) is 5.81. The molecule has 0 unspecified atom stereocenters. The van der Waals surface area contributed by atoms with Crippen molar-refractivity contribution < 1.29 is 30.0 Å². The average molecular weight is 596 g/mol. The number of sulfonamides is 1. The quantitative estimate of drug-likeness (QED) is 0.334. The Bertz CT molecular complexity index is 1830. The lowest BCUT2D eigenvalue weighted by molar-refractivity contribution is -0.139. The Morgan fingerprint density at radius 2 is 1.73 bits per heavy atom. The van der Waals surface area contributed by atoms with E-state index in [1.165, 1.54) is 28.8 Å². The van der Waals surface area contributed by atoms with E-state index in [4.69, 9.17) is 0 Å². The number of hydrogen-bond donors (Lipinski definition) is 1. The lowest BCUT2D eigenvalue weighted by Gasteiger charge is -2.17. The Balaban J connectivity index is 1.50. The zero-order valence-electron chi connectivity index (χ0n) is 21.8. The molecule has 2 aliphatic carbocycles. The fraction of sp³-hybridized carbons (Fsp3) is 0.462. The Hall–Kier alpha value is -2.97. The number of fused-ring (bicyclic) bond motifs is 3. The Morgan fingerprint density at radius 3 is 2.35 bits per heavy atom. The number of alkyl halides is 3. The van der Waals surface area contributed by atoms with Crippen molar-refractivity contribution in [2.75, 3.05) is 0 Å². The third-order valence-electron chi connectivity index (χ3n) is 7.99. The van der Waals surface area contributed by atoms with Crippen LogP contribution in [0.4, 0.5) is 13.2 Å². The van der Waals surface area contributed by atoms with E-state index < -0.39 is 49.1 Å². The molecule has 0 spiro atoms. The summed E-state index contributed by atoms with van der Waals surface area (Å²) in [6, 6.07) is 7.25. The number of hydrogen-bond acceptors (Lipinski definition) is 6. The molecule has 6 rings (SSSR count). The van der Waals surface area contributed by atoms with Crippen molar-refractivity contribution in [1.82, 2.24) is 23.1 Å². The molecule has 2 aliphatic rings. The molecule has 3 heterocycles. The van der Waals surface area contributed by atoms with Gasteiger partial charge >= 0.3 is 6.18 Å². The second kappa shape index (κ2) is 9.28. The molecule has 1 aromatic carbocycles. The average Bonchev–Trinajstić information content (AvgIpc) is 3.37. The van der Waals surface area contributed by atoms with E-state index in [0.29, 0.717) is 25.7 Å². The summed E-state index contributed by atoms with van der Waals surface area (Å²) >= 11 is 0. The highest BCUT2D eigenvalue weighted by molar-refractivity contribution is 7.90. The normalized spacial score (nSPS) is 22.5. The summed E-state index contributed by atoms with van der Waals surface area (Å²) < 4.78 is 99.6. The largest absolute Gasteiger partial charge is 0.435 e. The molecule has 2 fully saturated rings. The van der Waals surface area contributed by atoms with E-state index in [1.54, 1.807) is 12.1 Å². The van der Waals surface area contributed by atoms with Crippen LogP contribution >= 0.6 is 0 Å². The highest BCUT2D eigenvalue weighted by Gasteiger charge is 2.44. The Morgan fingerprint density at radius 1 is 1.02 bits per heavy atom. The number of benzene rings is 1. The van der Waals surface area contributed by atoms with Crippen molar-refractivity contribution in [3.05, 3.63) is 59.8 Å². The molecule has 9 nitrogen and oxygen atoms in total. The van der Waals surface area contributed by atoms with Crippen LogP contribution in [-0.2, 0) is 26.2 Å². The number of aryl methyl sites for hydroxylation is 1. The summed E-state index contributed by atoms with van der Waals surface area (Å²) in [5.74, 6) is -0.483. The van der Waals surface area contributed by atoms with Gasteiger partial charge in [0.15, 0.2) is 11.3 Å². The minimum Gasteiger partial charge on any atom is -0.291 e. The van der Waals surface area contributed by atoms with Crippen LogP contribution in [0.15, 0.2) is 47.6 Å². The van der Waals surface area contributed by atoms with Gasteiger partial charge in [-0.1, -0.05) is 31.0 Å². The van der Waals surface area contributed by atoms with Crippen molar-refractivity contribution in [2.24, 2.45) is 5.92 Å². The minimum absolute atomic E-state index is 0.0203. The van der Waals surface area contributed by atoms with Gasteiger partial charge in [0.1, 0.15) is 5.82 Å². The van der Waals surface area contributed by atoms with Crippen molar-refractivity contribution in [1.29, 1.82) is 0 Å². The van der Waals surface area contributed by atoms with Crippen molar-refractivity contribution >= 4 is 36.7 Å². The first-order valence-corrected chi connectivity index (χ1v) is 16.1. The smallest absolute Gasteiger partial charge is 0.291 e. The van der Waals surface area contributed by atoms with Crippen LogP contribution in [0.1, 0.15) is 62.0 Å². The van der Waals surface area contributed by atoms with Crippen molar-refractivity contribution in [2.45, 2.75) is 74.2 Å². The van der Waals surface area contributed by atoms with Gasteiger partial charge in [-0.05, 0) is 56.7 Å². The van der Waals surface area contributed by atoms with Crippen LogP contribution in [0.25, 0.3) is 16.7 Å². The van der Waals surface area contributed by atoms with Crippen LogP contribution in [-0.4, -0.2) is 46.5 Å². The molecule has 1 N–H and O–H groups in total. The molecule has 0 aliphatic heterocycles. The molecule has 0 saturated heterocycles. The topological polar surface area (TPSA) is 115 Å². The lowest BCUT2D eigenvalue weighted by Crippen LogP contribution is -2.35. The molecule has 214 valence electrons. The molecule has 0 bridgehead atoms. The highest BCUT2D eigenvalue weighted by Crippen LogP contribution is 2.45. The SMILES string of the molecule is CC[C@@H]1C[C@H](NS(=O)(=O)C2CC2)C[C@H]1c1nc(C(F)(F)F)c2cnc3c(ccn3S(=O)(=O)c3ccc(C)cc3)n12. The lowest BCUT2D eigenvalue weighted by atomic mass is 9.93.